The minimum absolute atomic E-state index is 0.0821. The quantitative estimate of drug-likeness (QED) is 0.511. The van der Waals surface area contributed by atoms with Crippen LogP contribution in [-0.4, -0.2) is 49.8 Å². The third kappa shape index (κ3) is 10.1. The summed E-state index contributed by atoms with van der Waals surface area (Å²) in [5.74, 6) is 0.0821. The number of rotatable bonds is 7. The van der Waals surface area contributed by atoms with Crippen LogP contribution in [0, 0.1) is 0 Å². The molecule has 0 aliphatic carbocycles. The van der Waals surface area contributed by atoms with E-state index in [2.05, 4.69) is 4.74 Å². The number of hydrogen-bond acceptors (Lipinski definition) is 2. The highest BCUT2D eigenvalue weighted by Crippen LogP contribution is 2.15. The molecule has 0 aliphatic heterocycles. The van der Waals surface area contributed by atoms with Gasteiger partial charge in [0.2, 0.25) is 0 Å². The zero-order valence-corrected chi connectivity index (χ0v) is 8.49. The van der Waals surface area contributed by atoms with Gasteiger partial charge in [0.05, 0.1) is 13.2 Å². The van der Waals surface area contributed by atoms with Crippen molar-refractivity contribution in [2.45, 2.75) is 12.8 Å². The van der Waals surface area contributed by atoms with Gasteiger partial charge in [0.15, 0.2) is 0 Å². The van der Waals surface area contributed by atoms with Crippen molar-refractivity contribution in [1.82, 2.24) is 4.90 Å². The van der Waals surface area contributed by atoms with Gasteiger partial charge in [-0.05, 0) is 0 Å². The minimum atomic E-state index is -4.72. The molecular weight excluding hydrogens is 245 g/mol. The van der Waals surface area contributed by atoms with E-state index in [4.69, 9.17) is 11.6 Å². The molecule has 0 saturated carbocycles. The molecule has 0 saturated heterocycles. The first-order chi connectivity index (χ1) is 6.85. The Balaban J connectivity index is 3.75. The molecule has 8 heteroatoms. The van der Waals surface area contributed by atoms with Crippen LogP contribution >= 0.6 is 11.6 Å². The summed E-state index contributed by atoms with van der Waals surface area (Å²) in [5.41, 5.74) is 0. The van der Waals surface area contributed by atoms with Crippen molar-refractivity contribution >= 4 is 11.6 Å². The van der Waals surface area contributed by atoms with Gasteiger partial charge in [-0.15, -0.1) is 24.8 Å². The lowest BCUT2D eigenvalue weighted by molar-refractivity contribution is -0.325. The number of halogens is 6. The lowest BCUT2D eigenvalue weighted by atomic mass is 10.4. The van der Waals surface area contributed by atoms with Crippen molar-refractivity contribution in [3.63, 3.8) is 0 Å². The number of ether oxygens (including phenoxy) is 1. The first kappa shape index (κ1) is 14.9. The van der Waals surface area contributed by atoms with E-state index in [9.17, 15) is 22.0 Å². The fourth-order valence-corrected chi connectivity index (χ4v) is 1.14. The zero-order valence-electron chi connectivity index (χ0n) is 7.74. The Kier molecular flexibility index (Phi) is 7.12. The Morgan fingerprint density at radius 3 is 2.20 bits per heavy atom. The molecule has 0 heterocycles. The summed E-state index contributed by atoms with van der Waals surface area (Å²) in [6, 6.07) is 0. The molecule has 2 nitrogen and oxygen atoms in total. The summed E-state index contributed by atoms with van der Waals surface area (Å²) in [5, 5.41) is 0. The van der Waals surface area contributed by atoms with E-state index in [0.29, 0.717) is 0 Å². The Labute approximate surface area is 88.9 Å². The third-order valence-corrected chi connectivity index (χ3v) is 1.64. The van der Waals surface area contributed by atoms with Crippen molar-refractivity contribution in [2.75, 3.05) is 32.1 Å². The smallest absolute Gasteiger partial charge is 0.294 e. The van der Waals surface area contributed by atoms with Crippen molar-refractivity contribution in [1.29, 1.82) is 0 Å². The van der Waals surface area contributed by atoms with E-state index in [1.807, 2.05) is 0 Å². The van der Waals surface area contributed by atoms with Crippen molar-refractivity contribution in [3.05, 3.63) is 0 Å². The van der Waals surface area contributed by atoms with E-state index >= 15 is 0 Å². The monoisotopic (exact) mass is 255 g/mol. The molecule has 0 radical (unpaired) electrons. The second-order valence-corrected chi connectivity index (χ2v) is 3.05. The summed E-state index contributed by atoms with van der Waals surface area (Å²) < 4.78 is 61.9. The minimum Gasteiger partial charge on any atom is -0.294 e. The predicted molar refractivity (Wildman–Crippen MR) is 45.2 cm³/mol. The van der Waals surface area contributed by atoms with Gasteiger partial charge < -0.3 is 0 Å². The van der Waals surface area contributed by atoms with Crippen LogP contribution in [0.25, 0.3) is 0 Å². The van der Waals surface area contributed by atoms with Crippen LogP contribution in [0.1, 0.15) is 0 Å². The fourth-order valence-electron chi connectivity index (χ4n) is 0.900. The normalized spacial score (nSPS) is 12.8. The molecule has 0 atom stereocenters. The summed E-state index contributed by atoms with van der Waals surface area (Å²) >= 11 is 5.30. The van der Waals surface area contributed by atoms with Crippen LogP contribution in [0.15, 0.2) is 0 Å². The first-order valence-electron chi connectivity index (χ1n) is 4.12. The Morgan fingerprint density at radius 2 is 1.80 bits per heavy atom. The highest BCUT2D eigenvalue weighted by Gasteiger charge is 2.29. The second kappa shape index (κ2) is 7.19. The summed E-state index contributed by atoms with van der Waals surface area (Å²) in [7, 11) is 0. The molecule has 0 aromatic carbocycles. The van der Waals surface area contributed by atoms with Crippen molar-refractivity contribution in [3.8, 4) is 0 Å². The van der Waals surface area contributed by atoms with Gasteiger partial charge in [-0.1, -0.05) is 0 Å². The summed E-state index contributed by atoms with van der Waals surface area (Å²) in [4.78, 5) is 1.11. The molecule has 92 valence electrons. The van der Waals surface area contributed by atoms with Crippen molar-refractivity contribution in [2.24, 2.45) is 0 Å². The molecule has 0 aromatic rings. The number of nitrogens with zero attached hydrogens (tertiary/aromatic N) is 1. The maximum Gasteiger partial charge on any atom is 0.522 e. The molecule has 0 bridgehead atoms. The molecule has 0 rings (SSSR count). The average molecular weight is 256 g/mol. The van der Waals surface area contributed by atoms with Crippen LogP contribution in [-0.2, 0) is 4.74 Å². The zero-order chi connectivity index (χ0) is 11.9. The molecule has 0 aromatic heterocycles. The number of hydrogen-bond donors (Lipinski definition) is 0. The van der Waals surface area contributed by atoms with E-state index in [0.717, 1.165) is 4.90 Å². The Morgan fingerprint density at radius 1 is 1.20 bits per heavy atom. The standard InChI is InChI=1S/C7H11ClF5NO/c8-1-2-14(5-6(9)10)3-4-15-7(11,12)13/h6H,1-5H2. The van der Waals surface area contributed by atoms with E-state index in [-0.39, 0.29) is 19.0 Å². The summed E-state index contributed by atoms with van der Waals surface area (Å²) in [6.45, 7) is -1.40. The molecule has 0 spiro atoms. The van der Waals surface area contributed by atoms with E-state index < -0.39 is 25.9 Å². The summed E-state index contributed by atoms with van der Waals surface area (Å²) in [6.07, 6.45) is -7.32. The van der Waals surface area contributed by atoms with Crippen LogP contribution in [0.2, 0.25) is 0 Å². The molecule has 0 unspecified atom stereocenters. The topological polar surface area (TPSA) is 12.5 Å². The molecule has 0 N–H and O–H groups in total. The molecule has 15 heavy (non-hydrogen) atoms. The largest absolute Gasteiger partial charge is 0.522 e. The Bertz CT molecular complexity index is 166. The van der Waals surface area contributed by atoms with E-state index in [1.165, 1.54) is 0 Å². The van der Waals surface area contributed by atoms with Gasteiger partial charge >= 0.3 is 6.36 Å². The van der Waals surface area contributed by atoms with Gasteiger partial charge in [0, 0.05) is 19.0 Å². The van der Waals surface area contributed by atoms with Crippen molar-refractivity contribution < 1.29 is 26.7 Å². The predicted octanol–water partition coefficient (Wildman–Crippen LogP) is 2.33. The van der Waals surface area contributed by atoms with Gasteiger partial charge in [0.25, 0.3) is 6.43 Å². The maximum absolute atomic E-state index is 11.9. The maximum atomic E-state index is 11.9. The SMILES string of the molecule is FC(F)CN(CCCl)CCOC(F)(F)F. The lowest BCUT2D eigenvalue weighted by Crippen LogP contribution is -2.34. The third-order valence-electron chi connectivity index (χ3n) is 1.47. The number of alkyl halides is 6. The van der Waals surface area contributed by atoms with Crippen LogP contribution in [0.5, 0.6) is 0 Å². The molecule has 0 fully saturated rings. The second-order valence-electron chi connectivity index (χ2n) is 2.67. The van der Waals surface area contributed by atoms with E-state index in [1.54, 1.807) is 0 Å². The highest BCUT2D eigenvalue weighted by atomic mass is 35.5. The highest BCUT2D eigenvalue weighted by molar-refractivity contribution is 6.18. The molecule has 0 amide bonds. The Hall–Kier alpha value is -0.140. The van der Waals surface area contributed by atoms with Crippen LogP contribution in [0.3, 0.4) is 0 Å². The van der Waals surface area contributed by atoms with Crippen LogP contribution in [0.4, 0.5) is 22.0 Å². The average Bonchev–Trinajstić information content (AvgIpc) is 2.00. The lowest BCUT2D eigenvalue weighted by Gasteiger charge is -2.20. The van der Waals surface area contributed by atoms with Gasteiger partial charge in [-0.2, -0.15) is 0 Å². The van der Waals surface area contributed by atoms with Gasteiger partial charge in [0.1, 0.15) is 0 Å². The fraction of sp³-hybridized carbons (Fsp3) is 1.00. The van der Waals surface area contributed by atoms with Crippen LogP contribution < -0.4 is 0 Å². The van der Waals surface area contributed by atoms with Gasteiger partial charge in [-0.25, -0.2) is 8.78 Å². The first-order valence-corrected chi connectivity index (χ1v) is 4.65. The molecule has 0 aliphatic rings. The molecular formula is C7H11ClF5NO. The van der Waals surface area contributed by atoms with Gasteiger partial charge in [-0.3, -0.25) is 9.64 Å².